The van der Waals surface area contributed by atoms with Gasteiger partial charge in [-0.05, 0) is 30.7 Å². The highest BCUT2D eigenvalue weighted by atomic mass is 32.2. The maximum absolute atomic E-state index is 12.2. The molecule has 0 atom stereocenters. The molecular formula is C18H20N2O5S. The van der Waals surface area contributed by atoms with Crippen LogP contribution in [0.4, 0.5) is 11.4 Å². The van der Waals surface area contributed by atoms with Crippen molar-refractivity contribution in [3.8, 4) is 11.5 Å². The van der Waals surface area contributed by atoms with Crippen LogP contribution in [0.3, 0.4) is 0 Å². The quantitative estimate of drug-likeness (QED) is 0.803. The molecule has 0 unspecified atom stereocenters. The summed E-state index contributed by atoms with van der Waals surface area (Å²) < 4.78 is 36.1. The van der Waals surface area contributed by atoms with Gasteiger partial charge in [0.1, 0.15) is 0 Å². The number of ether oxygens (including phenoxy) is 2. The van der Waals surface area contributed by atoms with Crippen molar-refractivity contribution < 1.29 is 22.7 Å². The third kappa shape index (κ3) is 4.45. The van der Waals surface area contributed by atoms with Gasteiger partial charge in [0, 0.05) is 24.7 Å². The Morgan fingerprint density at radius 1 is 1.12 bits per heavy atom. The molecule has 1 heterocycles. The number of nitrogens with one attached hydrogen (secondary N) is 1. The van der Waals surface area contributed by atoms with E-state index >= 15 is 0 Å². The molecule has 0 radical (unpaired) electrons. The average Bonchev–Trinajstić information content (AvgIpc) is 3.06. The van der Waals surface area contributed by atoms with E-state index in [2.05, 4.69) is 5.32 Å². The Hall–Kier alpha value is -2.74. The summed E-state index contributed by atoms with van der Waals surface area (Å²) in [5.74, 6) is 0.942. The highest BCUT2D eigenvalue weighted by Crippen LogP contribution is 2.36. The number of nitrogens with zero attached hydrogens (tertiary/aromatic N) is 1. The minimum atomic E-state index is -3.49. The van der Waals surface area contributed by atoms with E-state index in [1.807, 2.05) is 18.2 Å². The largest absolute Gasteiger partial charge is 0.454 e. The van der Waals surface area contributed by atoms with Crippen LogP contribution in [-0.4, -0.2) is 33.9 Å². The summed E-state index contributed by atoms with van der Waals surface area (Å²) in [5.41, 5.74) is 1.20. The van der Waals surface area contributed by atoms with E-state index in [-0.39, 0.29) is 25.7 Å². The van der Waals surface area contributed by atoms with Gasteiger partial charge in [0.05, 0.1) is 11.9 Å². The predicted molar refractivity (Wildman–Crippen MR) is 99.1 cm³/mol. The van der Waals surface area contributed by atoms with Crippen molar-refractivity contribution in [2.75, 3.05) is 29.2 Å². The maximum Gasteiger partial charge on any atom is 0.232 e. The van der Waals surface area contributed by atoms with E-state index in [4.69, 9.17) is 9.47 Å². The number of carbonyl (C=O) groups is 1. The molecule has 3 rings (SSSR count). The number of amides is 1. The highest BCUT2D eigenvalue weighted by molar-refractivity contribution is 7.92. The molecule has 1 aliphatic rings. The molecule has 138 valence electrons. The topological polar surface area (TPSA) is 84.9 Å². The lowest BCUT2D eigenvalue weighted by Crippen LogP contribution is -2.31. The van der Waals surface area contributed by atoms with Gasteiger partial charge in [0.25, 0.3) is 0 Å². The van der Waals surface area contributed by atoms with Crippen LogP contribution in [0, 0.1) is 0 Å². The summed E-state index contributed by atoms with van der Waals surface area (Å²) >= 11 is 0. The Kier molecular flexibility index (Phi) is 5.32. The Labute approximate surface area is 152 Å². The van der Waals surface area contributed by atoms with Gasteiger partial charge in [-0.15, -0.1) is 0 Å². The molecule has 0 spiro atoms. The molecule has 0 bridgehead atoms. The van der Waals surface area contributed by atoms with Crippen LogP contribution in [0.1, 0.15) is 12.8 Å². The van der Waals surface area contributed by atoms with Crippen LogP contribution < -0.4 is 19.1 Å². The van der Waals surface area contributed by atoms with Crippen LogP contribution >= 0.6 is 0 Å². The van der Waals surface area contributed by atoms with Crippen LogP contribution in [-0.2, 0) is 14.8 Å². The lowest BCUT2D eigenvalue weighted by Gasteiger charge is -2.22. The van der Waals surface area contributed by atoms with E-state index in [0.29, 0.717) is 29.3 Å². The summed E-state index contributed by atoms with van der Waals surface area (Å²) in [6.45, 7) is 0.317. The third-order valence-electron chi connectivity index (χ3n) is 3.87. The van der Waals surface area contributed by atoms with Gasteiger partial charge < -0.3 is 14.8 Å². The van der Waals surface area contributed by atoms with Crippen molar-refractivity contribution in [1.82, 2.24) is 0 Å². The van der Waals surface area contributed by atoms with Gasteiger partial charge in [-0.2, -0.15) is 0 Å². The molecule has 26 heavy (non-hydrogen) atoms. The monoisotopic (exact) mass is 376 g/mol. The molecule has 0 saturated carbocycles. The number of hydrogen-bond donors (Lipinski definition) is 1. The number of fused-ring (bicyclic) bond motifs is 1. The van der Waals surface area contributed by atoms with Crippen LogP contribution in [0.15, 0.2) is 48.5 Å². The number of hydrogen-bond acceptors (Lipinski definition) is 5. The second-order valence-corrected chi connectivity index (χ2v) is 7.80. The maximum atomic E-state index is 12.2. The van der Waals surface area contributed by atoms with Gasteiger partial charge in [-0.1, -0.05) is 18.2 Å². The van der Waals surface area contributed by atoms with Crippen LogP contribution in [0.25, 0.3) is 0 Å². The molecular weight excluding hydrogens is 356 g/mol. The van der Waals surface area contributed by atoms with Crippen molar-refractivity contribution in [3.63, 3.8) is 0 Å². The summed E-state index contributed by atoms with van der Waals surface area (Å²) in [5, 5.41) is 2.78. The number of anilines is 2. The lowest BCUT2D eigenvalue weighted by atomic mass is 10.2. The zero-order valence-electron chi connectivity index (χ0n) is 14.3. The first kappa shape index (κ1) is 18.1. The van der Waals surface area contributed by atoms with Crippen LogP contribution in [0.5, 0.6) is 11.5 Å². The van der Waals surface area contributed by atoms with Crippen LogP contribution in [0.2, 0.25) is 0 Å². The minimum absolute atomic E-state index is 0.122. The molecule has 1 aliphatic heterocycles. The second-order valence-electron chi connectivity index (χ2n) is 5.89. The molecule has 2 aromatic rings. The number of carbonyl (C=O) groups excluding carboxylic acids is 1. The third-order valence-corrected chi connectivity index (χ3v) is 5.06. The van der Waals surface area contributed by atoms with Gasteiger partial charge in [-0.3, -0.25) is 9.10 Å². The molecule has 7 nitrogen and oxygen atoms in total. The zero-order valence-corrected chi connectivity index (χ0v) is 15.2. The summed E-state index contributed by atoms with van der Waals surface area (Å²) in [6, 6.07) is 14.1. The van der Waals surface area contributed by atoms with Crippen molar-refractivity contribution in [2.24, 2.45) is 0 Å². The Balaban J connectivity index is 1.62. The number of para-hydroxylation sites is 1. The molecule has 1 amide bonds. The molecule has 0 saturated heterocycles. The van der Waals surface area contributed by atoms with Crippen molar-refractivity contribution in [3.05, 3.63) is 48.5 Å². The second kappa shape index (κ2) is 7.65. The summed E-state index contributed by atoms with van der Waals surface area (Å²) in [4.78, 5) is 12.0. The number of benzene rings is 2. The minimum Gasteiger partial charge on any atom is -0.454 e. The van der Waals surface area contributed by atoms with E-state index in [1.165, 1.54) is 4.31 Å². The standard InChI is InChI=1S/C18H20N2O5S/c1-26(22,23)20(15-9-10-16-17(12-15)25-13-24-16)11-5-8-18(21)19-14-6-3-2-4-7-14/h2-4,6-7,9-10,12H,5,8,11,13H2,1H3,(H,19,21). The normalized spacial score (nSPS) is 12.7. The van der Waals surface area contributed by atoms with E-state index in [0.717, 1.165) is 6.26 Å². The summed E-state index contributed by atoms with van der Waals surface area (Å²) in [6.07, 6.45) is 1.74. The Bertz CT molecular complexity index is 884. The highest BCUT2D eigenvalue weighted by Gasteiger charge is 2.21. The fourth-order valence-corrected chi connectivity index (χ4v) is 3.61. The van der Waals surface area contributed by atoms with Gasteiger partial charge in [-0.25, -0.2) is 8.42 Å². The van der Waals surface area contributed by atoms with E-state index in [1.54, 1.807) is 30.3 Å². The first-order valence-electron chi connectivity index (χ1n) is 8.16. The van der Waals surface area contributed by atoms with E-state index in [9.17, 15) is 13.2 Å². The number of rotatable bonds is 7. The molecule has 0 fully saturated rings. The molecule has 1 N–H and O–H groups in total. The Morgan fingerprint density at radius 2 is 1.85 bits per heavy atom. The first-order valence-corrected chi connectivity index (χ1v) is 10.0. The molecule has 0 aromatic heterocycles. The predicted octanol–water partition coefficient (Wildman–Crippen LogP) is 2.60. The first-order chi connectivity index (χ1) is 12.4. The lowest BCUT2D eigenvalue weighted by molar-refractivity contribution is -0.116. The van der Waals surface area contributed by atoms with Crippen molar-refractivity contribution in [1.29, 1.82) is 0 Å². The van der Waals surface area contributed by atoms with Gasteiger partial charge in [0.2, 0.25) is 22.7 Å². The molecule has 0 aliphatic carbocycles. The fourth-order valence-electron chi connectivity index (χ4n) is 2.65. The number of sulfonamides is 1. The van der Waals surface area contributed by atoms with Gasteiger partial charge >= 0.3 is 0 Å². The Morgan fingerprint density at radius 3 is 2.58 bits per heavy atom. The molecule has 2 aromatic carbocycles. The fraction of sp³-hybridized carbons (Fsp3) is 0.278. The zero-order chi connectivity index (χ0) is 18.6. The molecule has 8 heteroatoms. The SMILES string of the molecule is CS(=O)(=O)N(CCCC(=O)Nc1ccccc1)c1ccc2c(c1)OCO2. The van der Waals surface area contributed by atoms with Gasteiger partial charge in [0.15, 0.2) is 11.5 Å². The van der Waals surface area contributed by atoms with E-state index < -0.39 is 10.0 Å². The summed E-state index contributed by atoms with van der Waals surface area (Å²) in [7, 11) is -3.49. The smallest absolute Gasteiger partial charge is 0.232 e. The van der Waals surface area contributed by atoms with Crippen molar-refractivity contribution in [2.45, 2.75) is 12.8 Å². The average molecular weight is 376 g/mol. The van der Waals surface area contributed by atoms with Crippen molar-refractivity contribution >= 4 is 27.3 Å².